The lowest BCUT2D eigenvalue weighted by molar-refractivity contribution is -0.130. The van der Waals surface area contributed by atoms with Crippen LogP contribution in [0.25, 0.3) is 0 Å². The van der Waals surface area contributed by atoms with Gasteiger partial charge in [0, 0.05) is 18.6 Å². The molecular formula is C17H30N2O3. The minimum atomic E-state index is -0.454. The molecule has 0 aromatic rings. The van der Waals surface area contributed by atoms with Crippen LogP contribution in [-0.2, 0) is 9.47 Å². The van der Waals surface area contributed by atoms with E-state index in [9.17, 15) is 4.79 Å². The molecule has 0 spiro atoms. The molecule has 126 valence electrons. The quantitative estimate of drug-likeness (QED) is 0.841. The van der Waals surface area contributed by atoms with Crippen molar-refractivity contribution in [2.75, 3.05) is 6.61 Å². The van der Waals surface area contributed by atoms with Crippen LogP contribution in [0.5, 0.6) is 0 Å². The Bertz CT molecular complexity index is 401. The number of carbonyl (C=O) groups is 1. The normalized spacial score (nSPS) is 35.6. The number of amides is 1. The maximum absolute atomic E-state index is 12.1. The number of fused-ring (bicyclic) bond motifs is 1. The summed E-state index contributed by atoms with van der Waals surface area (Å²) in [4.78, 5) is 12.1. The van der Waals surface area contributed by atoms with Crippen LogP contribution in [-0.4, -0.2) is 42.5 Å². The summed E-state index contributed by atoms with van der Waals surface area (Å²) in [5, 5.41) is 6.83. The third-order valence-corrected chi connectivity index (χ3v) is 5.08. The van der Waals surface area contributed by atoms with E-state index < -0.39 is 5.60 Å². The van der Waals surface area contributed by atoms with Crippen molar-refractivity contribution < 1.29 is 14.3 Å². The fourth-order valence-corrected chi connectivity index (χ4v) is 4.11. The Morgan fingerprint density at radius 2 is 1.82 bits per heavy atom. The minimum Gasteiger partial charge on any atom is -0.444 e. The van der Waals surface area contributed by atoms with Gasteiger partial charge in [-0.05, 0) is 46.5 Å². The van der Waals surface area contributed by atoms with Crippen LogP contribution in [0.2, 0.25) is 0 Å². The Kier molecular flexibility index (Phi) is 4.64. The second kappa shape index (κ2) is 6.36. The van der Waals surface area contributed by atoms with Crippen molar-refractivity contribution in [3.63, 3.8) is 0 Å². The predicted molar refractivity (Wildman–Crippen MR) is 84.8 cm³/mol. The molecule has 4 unspecified atom stereocenters. The summed E-state index contributed by atoms with van der Waals surface area (Å²) in [7, 11) is 0. The zero-order valence-corrected chi connectivity index (χ0v) is 14.1. The van der Waals surface area contributed by atoms with Crippen LogP contribution in [0.3, 0.4) is 0 Å². The van der Waals surface area contributed by atoms with Gasteiger partial charge in [0.15, 0.2) is 0 Å². The fraction of sp³-hybridized carbons (Fsp3) is 0.941. The molecule has 2 aliphatic carbocycles. The van der Waals surface area contributed by atoms with E-state index in [2.05, 4.69) is 10.6 Å². The maximum Gasteiger partial charge on any atom is 0.407 e. The number of nitrogens with one attached hydrogen (secondary N) is 2. The zero-order chi connectivity index (χ0) is 15.7. The van der Waals surface area contributed by atoms with Gasteiger partial charge in [-0.15, -0.1) is 0 Å². The number of ether oxygens (including phenoxy) is 2. The highest BCUT2D eigenvalue weighted by Crippen LogP contribution is 2.39. The zero-order valence-electron chi connectivity index (χ0n) is 14.1. The molecule has 1 saturated heterocycles. The van der Waals surface area contributed by atoms with E-state index in [0.29, 0.717) is 12.0 Å². The van der Waals surface area contributed by atoms with Crippen molar-refractivity contribution in [3.05, 3.63) is 0 Å². The molecule has 1 aliphatic heterocycles. The van der Waals surface area contributed by atoms with Gasteiger partial charge in [-0.25, -0.2) is 4.79 Å². The lowest BCUT2D eigenvalue weighted by Crippen LogP contribution is -2.74. The highest BCUT2D eigenvalue weighted by molar-refractivity contribution is 5.68. The third-order valence-electron chi connectivity index (χ3n) is 5.08. The van der Waals surface area contributed by atoms with Gasteiger partial charge >= 0.3 is 6.09 Å². The average Bonchev–Trinajstić information content (AvgIpc) is 2.94. The standard InChI is InChI=1S/C17H30N2O3/c1-17(2,3)22-16(20)19-13-12-9-6-10-21-15(12)14(13)18-11-7-4-5-8-11/h11-15,18H,4-10H2,1-3H3,(H,19,20). The molecule has 0 radical (unpaired) electrons. The Hall–Kier alpha value is -0.810. The second-order valence-electron chi connectivity index (χ2n) is 7.99. The van der Waals surface area contributed by atoms with Crippen molar-refractivity contribution in [2.45, 2.75) is 89.1 Å². The summed E-state index contributed by atoms with van der Waals surface area (Å²) in [5.41, 5.74) is -0.454. The van der Waals surface area contributed by atoms with Crippen LogP contribution >= 0.6 is 0 Å². The van der Waals surface area contributed by atoms with Gasteiger partial charge in [-0.2, -0.15) is 0 Å². The fourth-order valence-electron chi connectivity index (χ4n) is 4.11. The minimum absolute atomic E-state index is 0.140. The van der Waals surface area contributed by atoms with Crippen LogP contribution in [0, 0.1) is 5.92 Å². The molecule has 0 bridgehead atoms. The Morgan fingerprint density at radius 3 is 2.50 bits per heavy atom. The van der Waals surface area contributed by atoms with Crippen LogP contribution in [0.4, 0.5) is 4.79 Å². The van der Waals surface area contributed by atoms with Gasteiger partial charge < -0.3 is 20.1 Å². The third kappa shape index (κ3) is 3.57. The maximum atomic E-state index is 12.1. The lowest BCUT2D eigenvalue weighted by Gasteiger charge is -2.54. The molecule has 5 nitrogen and oxygen atoms in total. The largest absolute Gasteiger partial charge is 0.444 e. The van der Waals surface area contributed by atoms with Gasteiger partial charge in [0.1, 0.15) is 5.60 Å². The number of rotatable bonds is 3. The highest BCUT2D eigenvalue weighted by Gasteiger charge is 2.53. The molecular weight excluding hydrogens is 280 g/mol. The Labute approximate surface area is 133 Å². The van der Waals surface area contributed by atoms with Crippen molar-refractivity contribution >= 4 is 6.09 Å². The van der Waals surface area contributed by atoms with Gasteiger partial charge in [-0.3, -0.25) is 0 Å². The molecule has 0 aromatic heterocycles. The van der Waals surface area contributed by atoms with Gasteiger partial charge in [0.2, 0.25) is 0 Å². The van der Waals surface area contributed by atoms with Crippen molar-refractivity contribution in [2.24, 2.45) is 5.92 Å². The molecule has 3 aliphatic rings. The van der Waals surface area contributed by atoms with Crippen LogP contribution in [0.1, 0.15) is 59.3 Å². The first-order valence-corrected chi connectivity index (χ1v) is 8.81. The summed E-state index contributed by atoms with van der Waals surface area (Å²) in [6.07, 6.45) is 7.28. The van der Waals surface area contributed by atoms with E-state index in [4.69, 9.17) is 9.47 Å². The number of alkyl carbamates (subject to hydrolysis) is 1. The summed E-state index contributed by atoms with van der Waals surface area (Å²) in [6.45, 7) is 6.54. The van der Waals surface area contributed by atoms with Crippen LogP contribution < -0.4 is 10.6 Å². The molecule has 22 heavy (non-hydrogen) atoms. The number of hydrogen-bond acceptors (Lipinski definition) is 4. The summed E-state index contributed by atoms with van der Waals surface area (Å²) in [6, 6.07) is 0.959. The molecule has 1 amide bonds. The monoisotopic (exact) mass is 310 g/mol. The first-order valence-electron chi connectivity index (χ1n) is 8.81. The van der Waals surface area contributed by atoms with E-state index in [1.54, 1.807) is 0 Å². The van der Waals surface area contributed by atoms with Crippen molar-refractivity contribution in [1.29, 1.82) is 0 Å². The van der Waals surface area contributed by atoms with E-state index in [-0.39, 0.29) is 24.3 Å². The molecule has 2 saturated carbocycles. The smallest absolute Gasteiger partial charge is 0.407 e. The highest BCUT2D eigenvalue weighted by atomic mass is 16.6. The molecule has 1 heterocycles. The summed E-state index contributed by atoms with van der Waals surface area (Å²) < 4.78 is 11.4. The van der Waals surface area contributed by atoms with Crippen molar-refractivity contribution in [1.82, 2.24) is 10.6 Å². The summed E-state index contributed by atoms with van der Waals surface area (Å²) >= 11 is 0. The topological polar surface area (TPSA) is 59.6 Å². The van der Waals surface area contributed by atoms with E-state index in [0.717, 1.165) is 19.4 Å². The number of carbonyl (C=O) groups excluding carboxylic acids is 1. The van der Waals surface area contributed by atoms with Gasteiger partial charge in [0.05, 0.1) is 18.2 Å². The first kappa shape index (κ1) is 16.1. The predicted octanol–water partition coefficient (Wildman–Crippen LogP) is 2.59. The Morgan fingerprint density at radius 1 is 1.09 bits per heavy atom. The molecule has 2 N–H and O–H groups in total. The van der Waals surface area contributed by atoms with E-state index >= 15 is 0 Å². The lowest BCUT2D eigenvalue weighted by atomic mass is 9.68. The van der Waals surface area contributed by atoms with Gasteiger partial charge in [0.25, 0.3) is 0 Å². The molecule has 4 atom stereocenters. The summed E-state index contributed by atoms with van der Waals surface area (Å²) in [5.74, 6) is 0.431. The molecule has 3 rings (SSSR count). The van der Waals surface area contributed by atoms with Crippen molar-refractivity contribution in [3.8, 4) is 0 Å². The molecule has 5 heteroatoms. The van der Waals surface area contributed by atoms with Gasteiger partial charge in [-0.1, -0.05) is 12.8 Å². The SMILES string of the molecule is CC(C)(C)OC(=O)NC1C2CCCOC2C1NC1CCCC1. The van der Waals surface area contributed by atoms with E-state index in [1.807, 2.05) is 20.8 Å². The number of hydrogen-bond donors (Lipinski definition) is 2. The Balaban J connectivity index is 1.59. The molecule has 0 aromatic carbocycles. The first-order chi connectivity index (χ1) is 10.4. The van der Waals surface area contributed by atoms with Crippen LogP contribution in [0.15, 0.2) is 0 Å². The van der Waals surface area contributed by atoms with E-state index in [1.165, 1.54) is 25.7 Å². The second-order valence-corrected chi connectivity index (χ2v) is 7.99. The molecule has 3 fully saturated rings. The average molecular weight is 310 g/mol.